The summed E-state index contributed by atoms with van der Waals surface area (Å²) in [5.41, 5.74) is 12.5. The minimum absolute atomic E-state index is 0.128. The van der Waals surface area contributed by atoms with Crippen LogP contribution in [0.2, 0.25) is 0 Å². The van der Waals surface area contributed by atoms with Crippen molar-refractivity contribution >= 4 is 27.5 Å². The molecule has 1 unspecified atom stereocenters. The highest BCUT2D eigenvalue weighted by atomic mass is 32.2. The lowest BCUT2D eigenvalue weighted by Crippen LogP contribution is -2.29. The summed E-state index contributed by atoms with van der Waals surface area (Å²) in [7, 11) is -3.68. The van der Waals surface area contributed by atoms with Crippen molar-refractivity contribution in [3.63, 3.8) is 0 Å². The molecule has 0 saturated heterocycles. The molecule has 1 atom stereocenters. The average molecular weight is 375 g/mol. The van der Waals surface area contributed by atoms with Crippen molar-refractivity contribution in [2.45, 2.75) is 24.7 Å². The molecule has 5 N–H and O–H groups in total. The van der Waals surface area contributed by atoms with E-state index in [0.717, 1.165) is 11.1 Å². The van der Waals surface area contributed by atoms with Crippen LogP contribution in [0, 0.1) is 12.8 Å². The Bertz CT molecular complexity index is 891. The number of carbonyl (C=O) groups is 2. The van der Waals surface area contributed by atoms with E-state index in [1.54, 1.807) is 36.4 Å². The number of sulfonamides is 1. The third-order valence-corrected chi connectivity index (χ3v) is 5.27. The van der Waals surface area contributed by atoms with Gasteiger partial charge in [0.25, 0.3) is 10.0 Å². The number of nitrogens with one attached hydrogen (secondary N) is 1. The lowest BCUT2D eigenvalue weighted by Gasteiger charge is -2.12. The summed E-state index contributed by atoms with van der Waals surface area (Å²) in [6.45, 7) is 1.88. The van der Waals surface area contributed by atoms with Crippen molar-refractivity contribution in [3.8, 4) is 0 Å². The number of nitrogens with two attached hydrogens (primary N) is 2. The predicted molar refractivity (Wildman–Crippen MR) is 98.6 cm³/mol. The molecule has 2 aromatic carbocycles. The predicted octanol–water partition coefficient (Wildman–Crippen LogP) is 1.32. The quantitative estimate of drug-likeness (QED) is 0.641. The molecule has 0 radical (unpaired) electrons. The summed E-state index contributed by atoms with van der Waals surface area (Å²) >= 11 is 0. The van der Waals surface area contributed by atoms with Crippen LogP contribution in [0.5, 0.6) is 0 Å². The Hall–Kier alpha value is -2.87. The van der Waals surface area contributed by atoms with Crippen LogP contribution in [0.1, 0.15) is 17.5 Å². The summed E-state index contributed by atoms with van der Waals surface area (Å²) in [6.07, 6.45) is 0.125. The largest absolute Gasteiger partial charge is 0.370 e. The third kappa shape index (κ3) is 5.32. The molecule has 0 fully saturated rings. The maximum absolute atomic E-state index is 12.4. The van der Waals surface area contributed by atoms with Crippen LogP contribution >= 0.6 is 0 Å². The zero-order chi connectivity index (χ0) is 19.3. The lowest BCUT2D eigenvalue weighted by molar-refractivity contribution is -0.126. The van der Waals surface area contributed by atoms with Gasteiger partial charge in [0.1, 0.15) is 0 Å². The molecule has 2 rings (SSSR count). The molecule has 26 heavy (non-hydrogen) atoms. The average Bonchev–Trinajstić information content (AvgIpc) is 2.55. The fourth-order valence-electron chi connectivity index (χ4n) is 2.44. The van der Waals surface area contributed by atoms with E-state index < -0.39 is 27.8 Å². The van der Waals surface area contributed by atoms with Crippen LogP contribution in [0.4, 0.5) is 5.69 Å². The molecular weight excluding hydrogens is 354 g/mol. The van der Waals surface area contributed by atoms with Gasteiger partial charge in [0.15, 0.2) is 0 Å². The first-order valence-electron chi connectivity index (χ1n) is 7.93. The molecule has 0 aliphatic carbocycles. The Kier molecular flexibility index (Phi) is 5.99. The highest BCUT2D eigenvalue weighted by molar-refractivity contribution is 7.92. The minimum Gasteiger partial charge on any atom is -0.370 e. The van der Waals surface area contributed by atoms with E-state index in [4.69, 9.17) is 11.5 Å². The first kappa shape index (κ1) is 19.5. The Morgan fingerprint density at radius 3 is 2.08 bits per heavy atom. The van der Waals surface area contributed by atoms with Crippen LogP contribution in [-0.2, 0) is 26.0 Å². The van der Waals surface area contributed by atoms with E-state index in [1.807, 2.05) is 6.92 Å². The molecule has 0 aliphatic heterocycles. The molecule has 0 heterocycles. The van der Waals surface area contributed by atoms with E-state index in [1.165, 1.54) is 12.1 Å². The van der Waals surface area contributed by atoms with Crippen molar-refractivity contribution < 1.29 is 18.0 Å². The summed E-state index contributed by atoms with van der Waals surface area (Å²) in [5, 5.41) is 0. The minimum atomic E-state index is -3.68. The van der Waals surface area contributed by atoms with Crippen LogP contribution in [-0.4, -0.2) is 20.2 Å². The Morgan fingerprint density at radius 2 is 1.58 bits per heavy atom. The monoisotopic (exact) mass is 375 g/mol. The number of rotatable bonds is 8. The fourth-order valence-corrected chi connectivity index (χ4v) is 3.50. The summed E-state index contributed by atoms with van der Waals surface area (Å²) in [6, 6.07) is 13.0. The van der Waals surface area contributed by atoms with Gasteiger partial charge in [0.05, 0.1) is 10.8 Å². The molecule has 0 spiro atoms. The van der Waals surface area contributed by atoms with Crippen molar-refractivity contribution in [1.82, 2.24) is 0 Å². The smallest absolute Gasteiger partial charge is 0.261 e. The first-order valence-corrected chi connectivity index (χ1v) is 9.42. The van der Waals surface area contributed by atoms with E-state index in [9.17, 15) is 18.0 Å². The zero-order valence-electron chi connectivity index (χ0n) is 14.3. The molecule has 0 bridgehead atoms. The molecule has 7 nitrogen and oxygen atoms in total. The molecule has 0 aliphatic rings. The van der Waals surface area contributed by atoms with Crippen molar-refractivity contribution in [2.75, 3.05) is 4.72 Å². The van der Waals surface area contributed by atoms with E-state index >= 15 is 0 Å². The van der Waals surface area contributed by atoms with Gasteiger partial charge in [-0.25, -0.2) is 8.42 Å². The summed E-state index contributed by atoms with van der Waals surface area (Å²) < 4.78 is 27.2. The van der Waals surface area contributed by atoms with Gasteiger partial charge in [-0.05, 0) is 43.2 Å². The number of benzene rings is 2. The molecule has 2 amide bonds. The van der Waals surface area contributed by atoms with Crippen LogP contribution in [0.15, 0.2) is 53.4 Å². The fraction of sp³-hybridized carbons (Fsp3) is 0.222. The second kappa shape index (κ2) is 8.01. The van der Waals surface area contributed by atoms with Gasteiger partial charge in [-0.2, -0.15) is 0 Å². The van der Waals surface area contributed by atoms with E-state index in [0.29, 0.717) is 5.69 Å². The Labute approximate surface area is 152 Å². The van der Waals surface area contributed by atoms with Gasteiger partial charge in [-0.15, -0.1) is 0 Å². The highest BCUT2D eigenvalue weighted by Gasteiger charge is 2.19. The van der Waals surface area contributed by atoms with Crippen LogP contribution in [0.3, 0.4) is 0 Å². The topological polar surface area (TPSA) is 132 Å². The Balaban J connectivity index is 2.10. The van der Waals surface area contributed by atoms with Crippen LogP contribution in [0.25, 0.3) is 0 Å². The van der Waals surface area contributed by atoms with Crippen molar-refractivity contribution in [2.24, 2.45) is 17.4 Å². The maximum atomic E-state index is 12.4. The number of carbonyl (C=O) groups excluding carboxylic acids is 2. The Morgan fingerprint density at radius 1 is 1.00 bits per heavy atom. The second-order valence-corrected chi connectivity index (χ2v) is 7.77. The van der Waals surface area contributed by atoms with E-state index in [-0.39, 0.29) is 17.7 Å². The third-order valence-electron chi connectivity index (χ3n) is 3.87. The van der Waals surface area contributed by atoms with Crippen molar-refractivity contribution in [1.29, 1.82) is 0 Å². The highest BCUT2D eigenvalue weighted by Crippen LogP contribution is 2.19. The van der Waals surface area contributed by atoms with Gasteiger partial charge in [-0.1, -0.05) is 29.8 Å². The number of anilines is 1. The number of hydrogen-bond acceptors (Lipinski definition) is 4. The zero-order valence-corrected chi connectivity index (χ0v) is 15.1. The second-order valence-electron chi connectivity index (χ2n) is 6.09. The molecule has 0 aromatic heterocycles. The van der Waals surface area contributed by atoms with Gasteiger partial charge in [0.2, 0.25) is 11.8 Å². The first-order chi connectivity index (χ1) is 12.2. The molecule has 8 heteroatoms. The lowest BCUT2D eigenvalue weighted by atomic mass is 9.95. The molecule has 0 saturated carbocycles. The number of primary amides is 2. The standard InChI is InChI=1S/C18H21N3O4S/c1-12-2-8-16(9-3-12)26(24,25)21-15-6-4-13(5-7-15)10-14(18(20)23)11-17(19)22/h2-9,14,21H,10-11H2,1H3,(H2,19,22)(H2,20,23). The number of hydrogen-bond donors (Lipinski definition) is 3. The summed E-state index contributed by atoms with van der Waals surface area (Å²) in [5.74, 6) is -1.90. The molecule has 2 aromatic rings. The van der Waals surface area contributed by atoms with E-state index in [2.05, 4.69) is 4.72 Å². The molecule has 138 valence electrons. The van der Waals surface area contributed by atoms with Gasteiger partial charge >= 0.3 is 0 Å². The number of amides is 2. The van der Waals surface area contributed by atoms with Gasteiger partial charge in [0, 0.05) is 12.1 Å². The maximum Gasteiger partial charge on any atom is 0.261 e. The van der Waals surface area contributed by atoms with Crippen molar-refractivity contribution in [3.05, 3.63) is 59.7 Å². The normalized spacial score (nSPS) is 12.3. The van der Waals surface area contributed by atoms with Crippen LogP contribution < -0.4 is 16.2 Å². The SMILES string of the molecule is Cc1ccc(S(=O)(=O)Nc2ccc(CC(CC(N)=O)C(N)=O)cc2)cc1. The number of aryl methyl sites for hydroxylation is 1. The molecular formula is C18H21N3O4S. The van der Waals surface area contributed by atoms with Gasteiger partial charge in [-0.3, -0.25) is 14.3 Å². The van der Waals surface area contributed by atoms with Gasteiger partial charge < -0.3 is 11.5 Å². The summed E-state index contributed by atoms with van der Waals surface area (Å²) in [4.78, 5) is 22.6.